The lowest BCUT2D eigenvalue weighted by Gasteiger charge is -2.29. The van der Waals surface area contributed by atoms with Crippen molar-refractivity contribution in [2.45, 2.75) is 12.8 Å². The zero-order valence-electron chi connectivity index (χ0n) is 19.4. The quantitative estimate of drug-likeness (QED) is 0.467. The van der Waals surface area contributed by atoms with Crippen LogP contribution in [-0.2, 0) is 14.3 Å². The third-order valence-corrected chi connectivity index (χ3v) is 7.27. The van der Waals surface area contributed by atoms with Gasteiger partial charge in [0, 0.05) is 44.6 Å². The minimum absolute atomic E-state index is 0.185. The number of benzene rings is 2. The highest BCUT2D eigenvalue weighted by Crippen LogP contribution is 2.32. The third kappa shape index (κ3) is 4.90. The van der Waals surface area contributed by atoms with Crippen LogP contribution >= 0.6 is 11.3 Å². The zero-order chi connectivity index (χ0) is 24.4. The Morgan fingerprint density at radius 3 is 2.49 bits per heavy atom. The predicted molar refractivity (Wildman–Crippen MR) is 133 cm³/mol. The first-order chi connectivity index (χ1) is 17.0. The third-order valence-electron chi connectivity index (χ3n) is 6.23. The number of hydrogen-bond acceptors (Lipinski definition) is 8. The first-order valence-corrected chi connectivity index (χ1v) is 12.4. The molecule has 2 aromatic carbocycles. The molecule has 0 spiro atoms. The Kier molecular flexibility index (Phi) is 6.76. The van der Waals surface area contributed by atoms with Crippen molar-refractivity contribution in [3.63, 3.8) is 0 Å². The van der Waals surface area contributed by atoms with Gasteiger partial charge in [-0.25, -0.2) is 4.98 Å². The Balaban J connectivity index is 1.42. The van der Waals surface area contributed by atoms with Crippen molar-refractivity contribution >= 4 is 50.1 Å². The monoisotopic (exact) mass is 494 g/mol. The van der Waals surface area contributed by atoms with Gasteiger partial charge in [-0.3, -0.25) is 29.1 Å². The molecule has 0 bridgehead atoms. The minimum atomic E-state index is -0.217. The number of amides is 3. The van der Waals surface area contributed by atoms with E-state index in [2.05, 4.69) is 4.90 Å². The van der Waals surface area contributed by atoms with Crippen LogP contribution in [0.4, 0.5) is 10.8 Å². The van der Waals surface area contributed by atoms with E-state index in [-0.39, 0.29) is 30.6 Å². The van der Waals surface area contributed by atoms with Gasteiger partial charge < -0.3 is 9.47 Å². The fourth-order valence-corrected chi connectivity index (χ4v) is 5.28. The lowest BCUT2D eigenvalue weighted by molar-refractivity contribution is -0.121. The van der Waals surface area contributed by atoms with Gasteiger partial charge in [-0.05, 0) is 42.5 Å². The van der Waals surface area contributed by atoms with Crippen LogP contribution < -0.4 is 14.5 Å². The molecule has 3 heterocycles. The van der Waals surface area contributed by atoms with Crippen molar-refractivity contribution in [1.82, 2.24) is 9.88 Å². The molecule has 0 aliphatic carbocycles. The van der Waals surface area contributed by atoms with Crippen LogP contribution in [0.3, 0.4) is 0 Å². The van der Waals surface area contributed by atoms with Crippen molar-refractivity contribution in [2.24, 2.45) is 0 Å². The van der Waals surface area contributed by atoms with Gasteiger partial charge in [0.15, 0.2) is 5.13 Å². The van der Waals surface area contributed by atoms with E-state index in [1.807, 2.05) is 18.2 Å². The summed E-state index contributed by atoms with van der Waals surface area (Å²) < 4.78 is 11.7. The van der Waals surface area contributed by atoms with Crippen LogP contribution in [0.2, 0.25) is 0 Å². The number of rotatable bonds is 7. The maximum atomic E-state index is 13.7. The molecule has 2 aliphatic heterocycles. The maximum Gasteiger partial charge on any atom is 0.260 e. The van der Waals surface area contributed by atoms with Crippen molar-refractivity contribution in [1.29, 1.82) is 0 Å². The molecule has 0 saturated carbocycles. The molecule has 3 amide bonds. The van der Waals surface area contributed by atoms with Gasteiger partial charge in [-0.15, -0.1) is 0 Å². The lowest BCUT2D eigenvalue weighted by Crippen LogP contribution is -2.43. The van der Waals surface area contributed by atoms with E-state index in [0.29, 0.717) is 42.7 Å². The molecule has 0 radical (unpaired) electrons. The Labute approximate surface area is 206 Å². The van der Waals surface area contributed by atoms with Gasteiger partial charge in [0.1, 0.15) is 5.75 Å². The molecule has 0 N–H and O–H groups in total. The maximum absolute atomic E-state index is 13.7. The molecule has 2 fully saturated rings. The molecule has 1 aromatic heterocycles. The average Bonchev–Trinajstić information content (AvgIpc) is 3.46. The number of carbonyl (C=O) groups is 3. The summed E-state index contributed by atoms with van der Waals surface area (Å²) in [6.07, 6.45) is 0.439. The first kappa shape index (κ1) is 23.4. The first-order valence-electron chi connectivity index (χ1n) is 11.6. The molecule has 0 unspecified atom stereocenters. The number of hydrogen-bond donors (Lipinski definition) is 0. The second-order valence-electron chi connectivity index (χ2n) is 8.41. The fourth-order valence-electron chi connectivity index (χ4n) is 4.26. The molecular weight excluding hydrogens is 468 g/mol. The van der Waals surface area contributed by atoms with Crippen LogP contribution in [0.1, 0.15) is 23.2 Å². The number of ether oxygens (including phenoxy) is 2. The summed E-state index contributed by atoms with van der Waals surface area (Å²) >= 11 is 1.44. The highest BCUT2D eigenvalue weighted by molar-refractivity contribution is 7.22. The van der Waals surface area contributed by atoms with Crippen molar-refractivity contribution in [3.8, 4) is 5.75 Å². The number of methoxy groups -OCH3 is 1. The molecular formula is C25H26N4O5S. The topological polar surface area (TPSA) is 92.3 Å². The number of morpholine rings is 1. The van der Waals surface area contributed by atoms with Crippen LogP contribution in [0.5, 0.6) is 5.75 Å². The average molecular weight is 495 g/mol. The number of nitrogens with zero attached hydrogens (tertiary/aromatic N) is 4. The Bertz CT molecular complexity index is 1240. The Morgan fingerprint density at radius 1 is 1.09 bits per heavy atom. The second-order valence-corrected chi connectivity index (χ2v) is 9.42. The van der Waals surface area contributed by atoms with Crippen LogP contribution in [0.25, 0.3) is 10.2 Å². The number of thiazole rings is 1. The second kappa shape index (κ2) is 10.1. The highest BCUT2D eigenvalue weighted by atomic mass is 32.1. The van der Waals surface area contributed by atoms with Gasteiger partial charge >= 0.3 is 0 Å². The number of anilines is 2. The molecule has 10 heteroatoms. The van der Waals surface area contributed by atoms with Crippen LogP contribution in [0, 0.1) is 0 Å². The largest absolute Gasteiger partial charge is 0.497 e. The molecule has 182 valence electrons. The molecule has 2 saturated heterocycles. The fraction of sp³-hybridized carbons (Fsp3) is 0.360. The Morgan fingerprint density at radius 2 is 1.80 bits per heavy atom. The lowest BCUT2D eigenvalue weighted by atomic mass is 10.1. The van der Waals surface area contributed by atoms with Crippen molar-refractivity contribution in [3.05, 3.63) is 48.0 Å². The molecule has 2 aliphatic rings. The van der Waals surface area contributed by atoms with E-state index in [1.165, 1.54) is 16.2 Å². The number of imide groups is 1. The van der Waals surface area contributed by atoms with Crippen molar-refractivity contribution in [2.75, 3.05) is 56.3 Å². The van der Waals surface area contributed by atoms with E-state index in [1.54, 1.807) is 36.3 Å². The molecule has 3 aromatic rings. The molecule has 9 nitrogen and oxygen atoms in total. The summed E-state index contributed by atoms with van der Waals surface area (Å²) in [6.45, 7) is 4.19. The van der Waals surface area contributed by atoms with E-state index < -0.39 is 0 Å². The van der Waals surface area contributed by atoms with Gasteiger partial charge in [0.2, 0.25) is 11.8 Å². The number of aromatic nitrogens is 1. The molecule has 0 atom stereocenters. The van der Waals surface area contributed by atoms with Crippen LogP contribution in [0.15, 0.2) is 42.5 Å². The summed E-state index contributed by atoms with van der Waals surface area (Å²) in [5.74, 6) is 0.118. The summed E-state index contributed by atoms with van der Waals surface area (Å²) in [4.78, 5) is 47.7. The van der Waals surface area contributed by atoms with E-state index in [0.717, 1.165) is 29.1 Å². The Hall–Kier alpha value is -3.34. The van der Waals surface area contributed by atoms with Crippen molar-refractivity contribution < 1.29 is 23.9 Å². The zero-order valence-corrected chi connectivity index (χ0v) is 20.3. The SMILES string of the molecule is COc1ccc2nc(N(CCN3CCOCC3)C(=O)c3ccc(N4C(=O)CCC4=O)cc3)sc2c1. The van der Waals surface area contributed by atoms with Gasteiger partial charge in [-0.1, -0.05) is 11.3 Å². The van der Waals surface area contributed by atoms with E-state index >= 15 is 0 Å². The highest BCUT2D eigenvalue weighted by Gasteiger charge is 2.30. The summed E-state index contributed by atoms with van der Waals surface area (Å²) in [5.41, 5.74) is 1.75. The van der Waals surface area contributed by atoms with Gasteiger partial charge in [0.05, 0.1) is 36.2 Å². The smallest absolute Gasteiger partial charge is 0.260 e. The summed E-state index contributed by atoms with van der Waals surface area (Å²) in [6, 6.07) is 12.3. The predicted octanol–water partition coefficient (Wildman–Crippen LogP) is 2.94. The summed E-state index contributed by atoms with van der Waals surface area (Å²) in [7, 11) is 1.62. The standard InChI is InChI=1S/C25H26N4O5S/c1-33-19-6-7-20-21(16-19)35-25(26-20)28(11-10-27-12-14-34-15-13-27)24(32)17-2-4-18(5-3-17)29-22(30)8-9-23(29)31/h2-7,16H,8-15H2,1H3. The summed E-state index contributed by atoms with van der Waals surface area (Å²) in [5, 5.41) is 0.612. The molecule has 35 heavy (non-hydrogen) atoms. The van der Waals surface area contributed by atoms with E-state index in [9.17, 15) is 14.4 Å². The van der Waals surface area contributed by atoms with Crippen LogP contribution in [-0.4, -0.2) is 74.1 Å². The normalized spacial score (nSPS) is 16.8. The minimum Gasteiger partial charge on any atom is -0.497 e. The number of fused-ring (bicyclic) bond motifs is 1. The van der Waals surface area contributed by atoms with E-state index in [4.69, 9.17) is 14.5 Å². The van der Waals surface area contributed by atoms with Gasteiger partial charge in [-0.2, -0.15) is 0 Å². The molecule has 5 rings (SSSR count). The van der Waals surface area contributed by atoms with Gasteiger partial charge in [0.25, 0.3) is 5.91 Å². The number of carbonyl (C=O) groups excluding carboxylic acids is 3.